The monoisotopic (exact) mass is 284 g/mol. The second kappa shape index (κ2) is 5.05. The van der Waals surface area contributed by atoms with E-state index in [1.54, 1.807) is 30.3 Å². The summed E-state index contributed by atoms with van der Waals surface area (Å²) in [6.45, 7) is 0. The van der Waals surface area contributed by atoms with Gasteiger partial charge in [-0.3, -0.25) is 4.79 Å². The van der Waals surface area contributed by atoms with Crippen LogP contribution in [0.3, 0.4) is 0 Å². The van der Waals surface area contributed by atoms with Crippen LogP contribution in [0.5, 0.6) is 0 Å². The smallest absolute Gasteiger partial charge is 0.276 e. The summed E-state index contributed by atoms with van der Waals surface area (Å²) in [5.41, 5.74) is -0.529. The van der Waals surface area contributed by atoms with Gasteiger partial charge in [-0.05, 0) is 34.9 Å². The lowest BCUT2D eigenvalue weighted by molar-refractivity contribution is -0.137. The van der Waals surface area contributed by atoms with Crippen LogP contribution in [-0.4, -0.2) is 5.24 Å². The van der Waals surface area contributed by atoms with Gasteiger partial charge in [0.05, 0.1) is 5.56 Å². The molecular weight excluding hydrogens is 277 g/mol. The Morgan fingerprint density at radius 3 is 2.11 bits per heavy atom. The lowest BCUT2D eigenvalue weighted by Crippen LogP contribution is -2.11. The van der Waals surface area contributed by atoms with Crippen LogP contribution in [0.4, 0.5) is 13.2 Å². The summed E-state index contributed by atoms with van der Waals surface area (Å²) in [6, 6.07) is 12.1. The average molecular weight is 285 g/mol. The van der Waals surface area contributed by atoms with Crippen LogP contribution in [0.15, 0.2) is 48.5 Å². The highest BCUT2D eigenvalue weighted by atomic mass is 35.5. The minimum absolute atomic E-state index is 0.384. The van der Waals surface area contributed by atoms with Crippen molar-refractivity contribution in [2.45, 2.75) is 6.18 Å². The van der Waals surface area contributed by atoms with Crippen LogP contribution in [0.25, 0.3) is 11.1 Å². The van der Waals surface area contributed by atoms with Crippen molar-refractivity contribution in [3.05, 3.63) is 59.7 Å². The topological polar surface area (TPSA) is 17.1 Å². The van der Waals surface area contributed by atoms with Crippen molar-refractivity contribution in [1.29, 1.82) is 0 Å². The van der Waals surface area contributed by atoms with Crippen LogP contribution in [0.2, 0.25) is 0 Å². The largest absolute Gasteiger partial charge is 0.417 e. The summed E-state index contributed by atoms with van der Waals surface area (Å²) in [5, 5.41) is -1.12. The molecule has 19 heavy (non-hydrogen) atoms. The molecule has 0 aromatic heterocycles. The lowest BCUT2D eigenvalue weighted by atomic mass is 9.99. The van der Waals surface area contributed by atoms with Crippen LogP contribution >= 0.6 is 11.6 Å². The molecule has 0 spiro atoms. The van der Waals surface area contributed by atoms with E-state index in [-0.39, 0.29) is 0 Å². The van der Waals surface area contributed by atoms with Crippen molar-refractivity contribution in [1.82, 2.24) is 0 Å². The quantitative estimate of drug-likeness (QED) is 0.727. The first kappa shape index (κ1) is 13.6. The Morgan fingerprint density at radius 2 is 1.58 bits per heavy atom. The Labute approximate surface area is 112 Å². The van der Waals surface area contributed by atoms with E-state index in [9.17, 15) is 18.0 Å². The number of hydrogen-bond donors (Lipinski definition) is 0. The summed E-state index contributed by atoms with van der Waals surface area (Å²) in [5.74, 6) is 0. The number of halogens is 4. The molecule has 0 heterocycles. The van der Waals surface area contributed by atoms with Gasteiger partial charge in [-0.1, -0.05) is 36.4 Å². The number of carbonyl (C=O) groups excluding carboxylic acids is 1. The Morgan fingerprint density at radius 1 is 0.947 bits per heavy atom. The summed E-state index contributed by atoms with van der Waals surface area (Å²) in [4.78, 5) is 11.0. The average Bonchev–Trinajstić information content (AvgIpc) is 2.38. The Balaban J connectivity index is 2.60. The molecule has 0 aliphatic rings. The minimum atomic E-state index is -4.62. The van der Waals surface area contributed by atoms with E-state index in [2.05, 4.69) is 0 Å². The molecule has 0 unspecified atom stereocenters. The molecule has 0 amide bonds. The minimum Gasteiger partial charge on any atom is -0.276 e. The van der Waals surface area contributed by atoms with Crippen molar-refractivity contribution in [2.24, 2.45) is 0 Å². The molecule has 0 aliphatic heterocycles. The summed E-state index contributed by atoms with van der Waals surface area (Å²) < 4.78 is 38.7. The molecule has 0 saturated heterocycles. The van der Waals surface area contributed by atoms with Gasteiger partial charge in [-0.15, -0.1) is 0 Å². The van der Waals surface area contributed by atoms with Crippen LogP contribution in [-0.2, 0) is 6.18 Å². The number of benzene rings is 2. The van der Waals surface area contributed by atoms with Gasteiger partial charge in [0.25, 0.3) is 5.24 Å². The van der Waals surface area contributed by atoms with Crippen molar-refractivity contribution < 1.29 is 18.0 Å². The van der Waals surface area contributed by atoms with Crippen molar-refractivity contribution in [2.75, 3.05) is 0 Å². The first-order chi connectivity index (χ1) is 8.89. The molecule has 2 rings (SSSR count). The predicted octanol–water partition coefficient (Wildman–Crippen LogP) is 4.75. The maximum atomic E-state index is 12.9. The molecule has 0 N–H and O–H groups in total. The first-order valence-corrected chi connectivity index (χ1v) is 5.74. The van der Waals surface area contributed by atoms with Gasteiger partial charge in [0, 0.05) is 5.56 Å². The van der Waals surface area contributed by atoms with Gasteiger partial charge in [-0.2, -0.15) is 13.2 Å². The van der Waals surface area contributed by atoms with Gasteiger partial charge in [0.1, 0.15) is 0 Å². The molecule has 5 heteroatoms. The molecule has 0 bridgehead atoms. The standard InChI is InChI=1S/C14H8ClF3O/c15-13(19)11-7-6-10(8-12(11)14(16,17)18)9-4-2-1-3-5-9/h1-8H. The van der Waals surface area contributed by atoms with Gasteiger partial charge >= 0.3 is 6.18 Å². The molecule has 2 aromatic carbocycles. The molecule has 0 saturated carbocycles. The number of alkyl halides is 3. The molecule has 98 valence electrons. The van der Waals surface area contributed by atoms with E-state index in [0.717, 1.165) is 12.1 Å². The van der Waals surface area contributed by atoms with E-state index in [0.29, 0.717) is 11.1 Å². The second-order valence-corrected chi connectivity index (χ2v) is 4.24. The zero-order valence-corrected chi connectivity index (χ0v) is 10.3. The van der Waals surface area contributed by atoms with Crippen molar-refractivity contribution in [3.63, 3.8) is 0 Å². The van der Waals surface area contributed by atoms with E-state index < -0.39 is 22.5 Å². The fourth-order valence-electron chi connectivity index (χ4n) is 1.76. The Kier molecular flexibility index (Phi) is 3.62. The fourth-order valence-corrected chi connectivity index (χ4v) is 1.93. The normalized spacial score (nSPS) is 11.4. The highest BCUT2D eigenvalue weighted by molar-refractivity contribution is 6.67. The van der Waals surface area contributed by atoms with E-state index >= 15 is 0 Å². The second-order valence-electron chi connectivity index (χ2n) is 3.90. The lowest BCUT2D eigenvalue weighted by Gasteiger charge is -2.12. The van der Waals surface area contributed by atoms with Crippen LogP contribution in [0, 0.1) is 0 Å². The molecular formula is C14H8ClF3O. The molecule has 2 aromatic rings. The van der Waals surface area contributed by atoms with E-state index in [1.165, 1.54) is 6.07 Å². The molecule has 0 aliphatic carbocycles. The van der Waals surface area contributed by atoms with Crippen LogP contribution < -0.4 is 0 Å². The van der Waals surface area contributed by atoms with Crippen molar-refractivity contribution >= 4 is 16.8 Å². The predicted molar refractivity (Wildman–Crippen MR) is 67.1 cm³/mol. The third-order valence-electron chi connectivity index (χ3n) is 2.64. The summed E-state index contributed by atoms with van der Waals surface area (Å²) in [6.07, 6.45) is -4.62. The van der Waals surface area contributed by atoms with Crippen LogP contribution in [0.1, 0.15) is 15.9 Å². The number of rotatable bonds is 2. The fraction of sp³-hybridized carbons (Fsp3) is 0.0714. The van der Waals surface area contributed by atoms with Gasteiger partial charge in [-0.25, -0.2) is 0 Å². The third-order valence-corrected chi connectivity index (χ3v) is 2.85. The number of carbonyl (C=O) groups is 1. The molecule has 0 fully saturated rings. The highest BCUT2D eigenvalue weighted by Crippen LogP contribution is 2.35. The van der Waals surface area contributed by atoms with E-state index in [4.69, 9.17) is 11.6 Å². The van der Waals surface area contributed by atoms with E-state index in [1.807, 2.05) is 0 Å². The molecule has 0 atom stereocenters. The van der Waals surface area contributed by atoms with Gasteiger partial charge < -0.3 is 0 Å². The zero-order valence-electron chi connectivity index (χ0n) is 9.54. The molecule has 0 radical (unpaired) electrons. The Hall–Kier alpha value is -1.81. The third kappa shape index (κ3) is 2.96. The summed E-state index contributed by atoms with van der Waals surface area (Å²) >= 11 is 5.17. The van der Waals surface area contributed by atoms with Crippen molar-refractivity contribution in [3.8, 4) is 11.1 Å². The number of hydrogen-bond acceptors (Lipinski definition) is 1. The zero-order chi connectivity index (χ0) is 14.0. The SMILES string of the molecule is O=C(Cl)c1ccc(-c2ccccc2)cc1C(F)(F)F. The summed E-state index contributed by atoms with van der Waals surface area (Å²) in [7, 11) is 0. The van der Waals surface area contributed by atoms with Gasteiger partial charge in [0.2, 0.25) is 0 Å². The van der Waals surface area contributed by atoms with Gasteiger partial charge in [0.15, 0.2) is 0 Å². The molecule has 1 nitrogen and oxygen atoms in total. The highest BCUT2D eigenvalue weighted by Gasteiger charge is 2.35. The maximum absolute atomic E-state index is 12.9. The maximum Gasteiger partial charge on any atom is 0.417 e. The first-order valence-electron chi connectivity index (χ1n) is 5.36. The Bertz CT molecular complexity index is 606.